The number of aliphatic carboxylic acids is 2. The number of carboxylic acids is 2. The molecule has 39 heavy (non-hydrogen) atoms. The Balaban J connectivity index is 3.73. The van der Waals surface area contributed by atoms with Crippen molar-refractivity contribution in [1.82, 2.24) is 10.6 Å². The normalized spacial score (nSPS) is 12.4. The molecule has 0 aromatic carbocycles. The molecule has 0 aromatic heterocycles. The molecule has 0 aromatic rings. The summed E-state index contributed by atoms with van der Waals surface area (Å²) in [6, 6.07) is -2.13. The van der Waals surface area contributed by atoms with Crippen LogP contribution in [0, 0.1) is 0 Å². The quantitative estimate of drug-likeness (QED) is 0.0692. The van der Waals surface area contributed by atoms with Gasteiger partial charge in [0.2, 0.25) is 11.8 Å². The highest BCUT2D eigenvalue weighted by Crippen LogP contribution is 2.14. The first-order valence-corrected chi connectivity index (χ1v) is 15.3. The third kappa shape index (κ3) is 24.3. The fourth-order valence-electron chi connectivity index (χ4n) is 4.54. The molecule has 0 bridgehead atoms. The Hall–Kier alpha value is -2.45. The van der Waals surface area contributed by atoms with Gasteiger partial charge in [0.1, 0.15) is 12.3 Å². The van der Waals surface area contributed by atoms with E-state index >= 15 is 0 Å². The largest absolute Gasteiger partial charge is 0.481 e. The highest BCUT2D eigenvalue weighted by Gasteiger charge is 2.21. The Morgan fingerprint density at radius 1 is 0.590 bits per heavy atom. The van der Waals surface area contributed by atoms with E-state index in [1.165, 1.54) is 89.9 Å². The molecule has 0 fully saturated rings. The van der Waals surface area contributed by atoms with E-state index in [2.05, 4.69) is 17.6 Å². The molecule has 2 atom stereocenters. The van der Waals surface area contributed by atoms with E-state index in [4.69, 9.17) is 10.2 Å². The van der Waals surface area contributed by atoms with Crippen molar-refractivity contribution >= 4 is 30.0 Å². The van der Waals surface area contributed by atoms with Gasteiger partial charge in [0.25, 0.3) is 0 Å². The zero-order chi connectivity index (χ0) is 29.1. The third-order valence-corrected chi connectivity index (χ3v) is 6.98. The number of carbonyl (C=O) groups is 5. The van der Waals surface area contributed by atoms with E-state index in [1.54, 1.807) is 0 Å². The van der Waals surface area contributed by atoms with Gasteiger partial charge in [0.05, 0.1) is 6.04 Å². The number of carboxylic acid groups (broad SMARTS) is 2. The summed E-state index contributed by atoms with van der Waals surface area (Å²) in [5, 5.41) is 22.6. The number of hydrogen-bond donors (Lipinski definition) is 4. The lowest BCUT2D eigenvalue weighted by atomic mass is 10.0. The molecule has 2 unspecified atom stereocenters. The molecule has 2 amide bonds. The first kappa shape index (κ1) is 36.5. The van der Waals surface area contributed by atoms with Crippen molar-refractivity contribution in [2.75, 3.05) is 0 Å². The van der Waals surface area contributed by atoms with E-state index in [9.17, 15) is 24.0 Å². The maximum Gasteiger partial charge on any atom is 0.326 e. The van der Waals surface area contributed by atoms with Crippen molar-refractivity contribution in [2.45, 2.75) is 160 Å². The molecular formula is C30H54N2O7. The lowest BCUT2D eigenvalue weighted by molar-refractivity contribution is -0.143. The molecule has 0 saturated heterocycles. The van der Waals surface area contributed by atoms with Gasteiger partial charge in [-0.2, -0.15) is 0 Å². The molecule has 0 aliphatic rings. The minimum atomic E-state index is -1.32. The Morgan fingerprint density at radius 2 is 1.03 bits per heavy atom. The maximum atomic E-state index is 12.1. The van der Waals surface area contributed by atoms with Gasteiger partial charge in [0.15, 0.2) is 0 Å². The van der Waals surface area contributed by atoms with E-state index in [0.29, 0.717) is 12.7 Å². The predicted molar refractivity (Wildman–Crippen MR) is 152 cm³/mol. The smallest absolute Gasteiger partial charge is 0.326 e. The molecule has 9 nitrogen and oxygen atoms in total. The Morgan fingerprint density at radius 3 is 1.44 bits per heavy atom. The van der Waals surface area contributed by atoms with E-state index < -0.39 is 29.9 Å². The lowest BCUT2D eigenvalue weighted by Gasteiger charge is -2.15. The van der Waals surface area contributed by atoms with Crippen LogP contribution in [0.15, 0.2) is 0 Å². The number of aldehydes is 1. The van der Waals surface area contributed by atoms with Crippen LogP contribution in [-0.2, 0) is 24.0 Å². The molecule has 0 spiro atoms. The molecule has 0 aliphatic carbocycles. The van der Waals surface area contributed by atoms with Crippen LogP contribution in [-0.4, -0.2) is 52.3 Å². The number of amides is 2. The molecule has 0 saturated carbocycles. The van der Waals surface area contributed by atoms with Crippen LogP contribution in [0.25, 0.3) is 0 Å². The summed E-state index contributed by atoms with van der Waals surface area (Å²) in [4.78, 5) is 57.2. The lowest BCUT2D eigenvalue weighted by Crippen LogP contribution is -2.42. The number of rotatable bonds is 28. The summed E-state index contributed by atoms with van der Waals surface area (Å²) in [6.45, 7) is 2.25. The minimum absolute atomic E-state index is 0.0470. The molecule has 4 N–H and O–H groups in total. The fraction of sp³-hybridized carbons (Fsp3) is 0.833. The minimum Gasteiger partial charge on any atom is -0.481 e. The van der Waals surface area contributed by atoms with Crippen LogP contribution in [0.4, 0.5) is 0 Å². The van der Waals surface area contributed by atoms with Gasteiger partial charge in [-0.3, -0.25) is 14.4 Å². The van der Waals surface area contributed by atoms with Crippen LogP contribution in [0.3, 0.4) is 0 Å². The van der Waals surface area contributed by atoms with Gasteiger partial charge in [-0.05, 0) is 19.3 Å². The first-order chi connectivity index (χ1) is 18.8. The van der Waals surface area contributed by atoms with Gasteiger partial charge in [-0.1, -0.05) is 110 Å². The standard InChI is InChI=1S/C30H54N2O7/c1-2-3-4-5-6-7-8-9-10-11-12-13-14-15-16-17-18-19-27(34)31-25(24-33)20-22-28(35)32-26(30(38)39)21-23-29(36)37/h24-26H,2-23H2,1H3,(H,31,34)(H,32,35)(H,36,37)(H,38,39). The second-order valence-corrected chi connectivity index (χ2v) is 10.6. The van der Waals surface area contributed by atoms with Crippen LogP contribution in [0.1, 0.15) is 148 Å². The second-order valence-electron chi connectivity index (χ2n) is 10.6. The van der Waals surface area contributed by atoms with E-state index in [1.807, 2.05) is 0 Å². The van der Waals surface area contributed by atoms with Crippen molar-refractivity contribution in [3.05, 3.63) is 0 Å². The van der Waals surface area contributed by atoms with Gasteiger partial charge in [-0.25, -0.2) is 4.79 Å². The fourth-order valence-corrected chi connectivity index (χ4v) is 4.54. The van der Waals surface area contributed by atoms with Gasteiger partial charge < -0.3 is 25.6 Å². The zero-order valence-electron chi connectivity index (χ0n) is 24.2. The van der Waals surface area contributed by atoms with Crippen molar-refractivity contribution < 1.29 is 34.2 Å². The Labute approximate surface area is 235 Å². The highest BCUT2D eigenvalue weighted by atomic mass is 16.4. The number of unbranched alkanes of at least 4 members (excludes halogenated alkanes) is 16. The summed E-state index contributed by atoms with van der Waals surface area (Å²) >= 11 is 0. The van der Waals surface area contributed by atoms with Crippen molar-refractivity contribution in [1.29, 1.82) is 0 Å². The van der Waals surface area contributed by atoms with Gasteiger partial charge >= 0.3 is 11.9 Å². The van der Waals surface area contributed by atoms with Crippen molar-refractivity contribution in [3.63, 3.8) is 0 Å². The van der Waals surface area contributed by atoms with Gasteiger partial charge in [-0.15, -0.1) is 0 Å². The summed E-state index contributed by atoms with van der Waals surface area (Å²) < 4.78 is 0. The molecule has 0 heterocycles. The van der Waals surface area contributed by atoms with Crippen LogP contribution >= 0.6 is 0 Å². The van der Waals surface area contributed by atoms with Gasteiger partial charge in [0, 0.05) is 19.3 Å². The van der Waals surface area contributed by atoms with Crippen molar-refractivity contribution in [3.8, 4) is 0 Å². The van der Waals surface area contributed by atoms with E-state index in [-0.39, 0.29) is 31.6 Å². The van der Waals surface area contributed by atoms with Crippen LogP contribution < -0.4 is 10.6 Å². The second kappa shape index (κ2) is 25.8. The highest BCUT2D eigenvalue weighted by molar-refractivity contribution is 5.84. The first-order valence-electron chi connectivity index (χ1n) is 15.3. The van der Waals surface area contributed by atoms with Crippen molar-refractivity contribution in [2.24, 2.45) is 0 Å². The number of hydrogen-bond acceptors (Lipinski definition) is 5. The average molecular weight is 555 g/mol. The Kier molecular flexibility index (Phi) is 24.2. The average Bonchev–Trinajstić information content (AvgIpc) is 2.90. The Bertz CT molecular complexity index is 684. The zero-order valence-corrected chi connectivity index (χ0v) is 24.2. The third-order valence-electron chi connectivity index (χ3n) is 6.98. The number of nitrogens with one attached hydrogen (secondary N) is 2. The SMILES string of the molecule is CCCCCCCCCCCCCCCCCCCC(=O)NC(C=O)CCC(=O)NC(CCC(=O)O)C(=O)O. The molecule has 9 heteroatoms. The summed E-state index contributed by atoms with van der Waals surface area (Å²) in [5.74, 6) is -3.32. The maximum absolute atomic E-state index is 12.1. The topological polar surface area (TPSA) is 150 Å². The summed E-state index contributed by atoms with van der Waals surface area (Å²) in [5.41, 5.74) is 0. The molecule has 226 valence electrons. The molecule has 0 aliphatic heterocycles. The van der Waals surface area contributed by atoms with Crippen LogP contribution in [0.2, 0.25) is 0 Å². The molecule has 0 radical (unpaired) electrons. The molecular weight excluding hydrogens is 500 g/mol. The predicted octanol–water partition coefficient (Wildman–Crippen LogP) is 5.93. The van der Waals surface area contributed by atoms with Crippen LogP contribution in [0.5, 0.6) is 0 Å². The summed E-state index contributed by atoms with van der Waals surface area (Å²) in [6.07, 6.45) is 21.7. The van der Waals surface area contributed by atoms with E-state index in [0.717, 1.165) is 19.3 Å². The molecule has 0 rings (SSSR count). The number of carbonyl (C=O) groups excluding carboxylic acids is 3. The monoisotopic (exact) mass is 554 g/mol. The summed E-state index contributed by atoms with van der Waals surface area (Å²) in [7, 11) is 0.